The minimum Gasteiger partial charge on any atom is -0.455 e. The lowest BCUT2D eigenvalue weighted by Gasteiger charge is -2.14. The maximum atomic E-state index is 6.07. The summed E-state index contributed by atoms with van der Waals surface area (Å²) in [6, 6.07) is 12.6. The van der Waals surface area contributed by atoms with Crippen LogP contribution >= 0.6 is 23.2 Å². The number of hydrogen-bond acceptors (Lipinski definition) is 2. The molecule has 0 fully saturated rings. The Kier molecular flexibility index (Phi) is 4.12. The number of hydrogen-bond donors (Lipinski definition) is 1. The highest BCUT2D eigenvalue weighted by molar-refractivity contribution is 6.35. The number of ether oxygens (including phenoxy) is 1. The Labute approximate surface area is 116 Å². The third kappa shape index (κ3) is 2.96. The highest BCUT2D eigenvalue weighted by atomic mass is 35.5. The van der Waals surface area contributed by atoms with Gasteiger partial charge in [0.2, 0.25) is 0 Å². The van der Waals surface area contributed by atoms with Gasteiger partial charge in [0.1, 0.15) is 11.5 Å². The normalized spacial score (nSPS) is 12.2. The Hall–Kier alpha value is -1.22. The van der Waals surface area contributed by atoms with E-state index in [1.165, 1.54) is 0 Å². The van der Waals surface area contributed by atoms with Crippen LogP contribution in [0.2, 0.25) is 10.0 Å². The zero-order valence-electron chi connectivity index (χ0n) is 9.86. The van der Waals surface area contributed by atoms with Crippen LogP contribution in [0.15, 0.2) is 42.5 Å². The fourth-order valence-electron chi connectivity index (χ4n) is 1.63. The predicted molar refractivity (Wildman–Crippen MR) is 75.6 cm³/mol. The van der Waals surface area contributed by atoms with Gasteiger partial charge in [-0.05, 0) is 31.2 Å². The lowest BCUT2D eigenvalue weighted by molar-refractivity contribution is 0.472. The largest absolute Gasteiger partial charge is 0.455 e. The first-order valence-electron chi connectivity index (χ1n) is 5.55. The van der Waals surface area contributed by atoms with Crippen molar-refractivity contribution in [2.24, 2.45) is 5.73 Å². The first-order chi connectivity index (χ1) is 8.58. The van der Waals surface area contributed by atoms with Gasteiger partial charge in [-0.2, -0.15) is 0 Å². The molecule has 2 rings (SSSR count). The Morgan fingerprint density at radius 2 is 1.78 bits per heavy atom. The highest BCUT2D eigenvalue weighted by Gasteiger charge is 2.10. The molecule has 0 aliphatic heterocycles. The van der Waals surface area contributed by atoms with Crippen molar-refractivity contribution in [3.8, 4) is 11.5 Å². The van der Waals surface area contributed by atoms with Crippen LogP contribution in [0.3, 0.4) is 0 Å². The SMILES string of the molecule is CC(N)c1ccccc1Oc1ccc(Cl)cc1Cl. The lowest BCUT2D eigenvalue weighted by Crippen LogP contribution is -2.06. The summed E-state index contributed by atoms with van der Waals surface area (Å²) in [4.78, 5) is 0. The van der Waals surface area contributed by atoms with Crippen molar-refractivity contribution in [1.82, 2.24) is 0 Å². The van der Waals surface area contributed by atoms with Gasteiger partial charge in [-0.3, -0.25) is 0 Å². The standard InChI is InChI=1S/C14H13Cl2NO/c1-9(17)11-4-2-3-5-13(11)18-14-7-6-10(15)8-12(14)16/h2-9H,17H2,1H3. The second kappa shape index (κ2) is 5.61. The van der Waals surface area contributed by atoms with Crippen molar-refractivity contribution >= 4 is 23.2 Å². The van der Waals surface area contributed by atoms with Gasteiger partial charge in [0.05, 0.1) is 5.02 Å². The van der Waals surface area contributed by atoms with E-state index in [-0.39, 0.29) is 6.04 Å². The van der Waals surface area contributed by atoms with E-state index in [4.69, 9.17) is 33.7 Å². The summed E-state index contributed by atoms with van der Waals surface area (Å²) in [7, 11) is 0. The Morgan fingerprint density at radius 3 is 2.44 bits per heavy atom. The molecule has 2 aromatic carbocycles. The molecule has 94 valence electrons. The van der Waals surface area contributed by atoms with Gasteiger partial charge < -0.3 is 10.5 Å². The van der Waals surface area contributed by atoms with Gasteiger partial charge in [0, 0.05) is 16.6 Å². The van der Waals surface area contributed by atoms with Gasteiger partial charge in [-0.1, -0.05) is 41.4 Å². The van der Waals surface area contributed by atoms with Crippen molar-refractivity contribution < 1.29 is 4.74 Å². The summed E-state index contributed by atoms with van der Waals surface area (Å²) in [5.74, 6) is 1.27. The van der Waals surface area contributed by atoms with E-state index in [9.17, 15) is 0 Å². The molecule has 1 atom stereocenters. The van der Waals surface area contributed by atoms with Crippen LogP contribution in [-0.2, 0) is 0 Å². The summed E-state index contributed by atoms with van der Waals surface area (Å²) in [5.41, 5.74) is 6.83. The molecule has 0 aliphatic carbocycles. The maximum Gasteiger partial charge on any atom is 0.146 e. The van der Waals surface area contributed by atoms with E-state index < -0.39 is 0 Å². The molecule has 0 radical (unpaired) electrons. The average Bonchev–Trinajstić information content (AvgIpc) is 2.33. The average molecular weight is 282 g/mol. The molecule has 2 nitrogen and oxygen atoms in total. The summed E-state index contributed by atoms with van der Waals surface area (Å²) >= 11 is 11.9. The number of rotatable bonds is 3. The molecule has 0 saturated heterocycles. The molecule has 0 spiro atoms. The highest BCUT2D eigenvalue weighted by Crippen LogP contribution is 2.34. The second-order valence-electron chi connectivity index (χ2n) is 4.00. The zero-order chi connectivity index (χ0) is 13.1. The van der Waals surface area contributed by atoms with E-state index in [0.29, 0.717) is 21.5 Å². The Morgan fingerprint density at radius 1 is 1.06 bits per heavy atom. The quantitative estimate of drug-likeness (QED) is 0.877. The van der Waals surface area contributed by atoms with Crippen LogP contribution in [0.1, 0.15) is 18.5 Å². The van der Waals surface area contributed by atoms with Crippen molar-refractivity contribution in [1.29, 1.82) is 0 Å². The Bertz CT molecular complexity index is 555. The fraction of sp³-hybridized carbons (Fsp3) is 0.143. The topological polar surface area (TPSA) is 35.2 Å². The maximum absolute atomic E-state index is 6.07. The minimum atomic E-state index is -0.104. The lowest BCUT2D eigenvalue weighted by atomic mass is 10.1. The molecule has 2 aromatic rings. The van der Waals surface area contributed by atoms with Gasteiger partial charge in [-0.15, -0.1) is 0 Å². The van der Waals surface area contributed by atoms with Crippen molar-refractivity contribution in [2.45, 2.75) is 13.0 Å². The summed E-state index contributed by atoms with van der Waals surface area (Å²) in [6.45, 7) is 1.91. The van der Waals surface area contributed by atoms with Crippen LogP contribution in [0, 0.1) is 0 Å². The summed E-state index contributed by atoms with van der Waals surface area (Å²) in [6.07, 6.45) is 0. The Balaban J connectivity index is 2.34. The molecule has 2 N–H and O–H groups in total. The van der Waals surface area contributed by atoms with Crippen molar-refractivity contribution in [3.63, 3.8) is 0 Å². The van der Waals surface area contributed by atoms with E-state index in [1.54, 1.807) is 18.2 Å². The van der Waals surface area contributed by atoms with Crippen LogP contribution in [0.4, 0.5) is 0 Å². The van der Waals surface area contributed by atoms with Crippen LogP contribution in [0.25, 0.3) is 0 Å². The molecule has 1 unspecified atom stereocenters. The monoisotopic (exact) mass is 281 g/mol. The predicted octanol–water partition coefficient (Wildman–Crippen LogP) is 4.81. The number of benzene rings is 2. The molecule has 0 aromatic heterocycles. The van der Waals surface area contributed by atoms with Crippen molar-refractivity contribution in [3.05, 3.63) is 58.1 Å². The molecule has 18 heavy (non-hydrogen) atoms. The number of halogens is 2. The summed E-state index contributed by atoms with van der Waals surface area (Å²) < 4.78 is 5.79. The fourth-order valence-corrected chi connectivity index (χ4v) is 2.07. The smallest absolute Gasteiger partial charge is 0.146 e. The summed E-state index contributed by atoms with van der Waals surface area (Å²) in [5, 5.41) is 1.05. The van der Waals surface area contributed by atoms with Crippen LogP contribution in [-0.4, -0.2) is 0 Å². The van der Waals surface area contributed by atoms with Crippen LogP contribution < -0.4 is 10.5 Å². The minimum absolute atomic E-state index is 0.104. The first-order valence-corrected chi connectivity index (χ1v) is 6.31. The molecule has 0 saturated carbocycles. The molecular weight excluding hydrogens is 269 g/mol. The molecule has 0 bridgehead atoms. The molecular formula is C14H13Cl2NO. The van der Waals surface area contributed by atoms with E-state index >= 15 is 0 Å². The number of nitrogens with two attached hydrogens (primary N) is 1. The van der Waals surface area contributed by atoms with Gasteiger partial charge in [-0.25, -0.2) is 0 Å². The van der Waals surface area contributed by atoms with E-state index in [1.807, 2.05) is 31.2 Å². The third-order valence-electron chi connectivity index (χ3n) is 2.52. The second-order valence-corrected chi connectivity index (χ2v) is 4.85. The van der Waals surface area contributed by atoms with Crippen LogP contribution in [0.5, 0.6) is 11.5 Å². The molecule has 0 heterocycles. The molecule has 0 amide bonds. The molecule has 4 heteroatoms. The van der Waals surface area contributed by atoms with Gasteiger partial charge >= 0.3 is 0 Å². The van der Waals surface area contributed by atoms with Gasteiger partial charge in [0.15, 0.2) is 0 Å². The first kappa shape index (κ1) is 13.2. The molecule has 0 aliphatic rings. The number of para-hydroxylation sites is 1. The van der Waals surface area contributed by atoms with Gasteiger partial charge in [0.25, 0.3) is 0 Å². The van der Waals surface area contributed by atoms with E-state index in [2.05, 4.69) is 0 Å². The third-order valence-corrected chi connectivity index (χ3v) is 3.05. The van der Waals surface area contributed by atoms with E-state index in [0.717, 1.165) is 5.56 Å². The zero-order valence-corrected chi connectivity index (χ0v) is 11.4. The van der Waals surface area contributed by atoms with Crippen molar-refractivity contribution in [2.75, 3.05) is 0 Å².